The van der Waals surface area contributed by atoms with Crippen LogP contribution < -0.4 is 0 Å². The molecule has 0 spiro atoms. The number of hydrogen-bond acceptors (Lipinski definition) is 4. The van der Waals surface area contributed by atoms with Crippen molar-refractivity contribution < 1.29 is 14.3 Å². The van der Waals surface area contributed by atoms with Crippen molar-refractivity contribution in [1.29, 1.82) is 0 Å². The van der Waals surface area contributed by atoms with E-state index in [1.165, 1.54) is 24.8 Å². The van der Waals surface area contributed by atoms with Gasteiger partial charge in [0, 0.05) is 12.7 Å². The maximum atomic E-state index is 11.5. The fraction of sp³-hybridized carbons (Fsp3) is 0.231. The molecule has 0 heterocycles. The topological polar surface area (TPSA) is 43.4 Å². The van der Waals surface area contributed by atoms with Crippen LogP contribution in [0.4, 0.5) is 0 Å². The summed E-state index contributed by atoms with van der Waals surface area (Å²) in [7, 11) is 0. The number of ether oxygens (including phenoxy) is 1. The second kappa shape index (κ2) is 6.91. The van der Waals surface area contributed by atoms with E-state index in [1.807, 2.05) is 12.1 Å². The van der Waals surface area contributed by atoms with Crippen molar-refractivity contribution in [1.82, 2.24) is 0 Å². The highest BCUT2D eigenvalue weighted by molar-refractivity contribution is 8.12. The standard InChI is InChI=1S/C13H14O3S/c1-3-8-16-13(15)12-6-4-11(5-7-12)9-17-10(2)14/h3-7H,1,8-9H2,2H3. The number of hydrogen-bond donors (Lipinski definition) is 0. The van der Waals surface area contributed by atoms with Crippen molar-refractivity contribution >= 4 is 22.8 Å². The minimum Gasteiger partial charge on any atom is -0.458 e. The van der Waals surface area contributed by atoms with Crippen LogP contribution >= 0.6 is 11.8 Å². The second-order valence-electron chi connectivity index (χ2n) is 3.36. The van der Waals surface area contributed by atoms with E-state index in [0.29, 0.717) is 11.3 Å². The highest BCUT2D eigenvalue weighted by atomic mass is 32.2. The largest absolute Gasteiger partial charge is 0.458 e. The van der Waals surface area contributed by atoms with Gasteiger partial charge in [0.1, 0.15) is 6.61 Å². The van der Waals surface area contributed by atoms with Crippen LogP contribution in [0.3, 0.4) is 0 Å². The first-order chi connectivity index (χ1) is 8.13. The lowest BCUT2D eigenvalue weighted by Gasteiger charge is -2.03. The molecule has 0 saturated heterocycles. The van der Waals surface area contributed by atoms with Crippen LogP contribution in [0, 0.1) is 0 Å². The van der Waals surface area contributed by atoms with Crippen LogP contribution in [-0.2, 0) is 15.3 Å². The molecule has 0 aliphatic heterocycles. The van der Waals surface area contributed by atoms with Gasteiger partial charge in [0.25, 0.3) is 0 Å². The molecule has 0 unspecified atom stereocenters. The Kier molecular flexibility index (Phi) is 5.49. The third kappa shape index (κ3) is 4.87. The van der Waals surface area contributed by atoms with Crippen LogP contribution in [0.15, 0.2) is 36.9 Å². The summed E-state index contributed by atoms with van der Waals surface area (Å²) in [6.45, 7) is 5.21. The second-order valence-corrected chi connectivity index (χ2v) is 4.52. The van der Waals surface area contributed by atoms with Gasteiger partial charge in [-0.25, -0.2) is 4.79 Å². The van der Waals surface area contributed by atoms with E-state index in [4.69, 9.17) is 4.74 Å². The molecular formula is C13H14O3S. The van der Waals surface area contributed by atoms with E-state index in [1.54, 1.807) is 12.1 Å². The highest BCUT2D eigenvalue weighted by Gasteiger charge is 2.06. The maximum absolute atomic E-state index is 11.5. The van der Waals surface area contributed by atoms with Gasteiger partial charge in [-0.3, -0.25) is 4.79 Å². The molecule has 0 atom stereocenters. The van der Waals surface area contributed by atoms with E-state index >= 15 is 0 Å². The van der Waals surface area contributed by atoms with Gasteiger partial charge in [-0.2, -0.15) is 0 Å². The lowest BCUT2D eigenvalue weighted by molar-refractivity contribution is -0.109. The first-order valence-electron chi connectivity index (χ1n) is 5.14. The molecule has 0 aromatic heterocycles. The summed E-state index contributed by atoms with van der Waals surface area (Å²) in [5.74, 6) is 0.257. The summed E-state index contributed by atoms with van der Waals surface area (Å²) < 4.78 is 4.90. The Hall–Kier alpha value is -1.55. The fourth-order valence-corrected chi connectivity index (χ4v) is 1.70. The molecule has 0 amide bonds. The highest BCUT2D eigenvalue weighted by Crippen LogP contribution is 2.14. The number of benzene rings is 1. The van der Waals surface area contributed by atoms with Gasteiger partial charge in [0.15, 0.2) is 5.12 Å². The summed E-state index contributed by atoms with van der Waals surface area (Å²) in [5.41, 5.74) is 1.51. The molecule has 4 heteroatoms. The molecule has 0 saturated carbocycles. The Morgan fingerprint density at radius 1 is 1.35 bits per heavy atom. The van der Waals surface area contributed by atoms with Crippen LogP contribution in [0.5, 0.6) is 0 Å². The van der Waals surface area contributed by atoms with Crippen molar-refractivity contribution in [3.05, 3.63) is 48.0 Å². The Bertz CT molecular complexity index is 409. The van der Waals surface area contributed by atoms with E-state index in [2.05, 4.69) is 6.58 Å². The van der Waals surface area contributed by atoms with Crippen molar-refractivity contribution in [2.75, 3.05) is 6.61 Å². The smallest absolute Gasteiger partial charge is 0.338 e. The maximum Gasteiger partial charge on any atom is 0.338 e. The SMILES string of the molecule is C=CCOC(=O)c1ccc(CSC(C)=O)cc1. The average Bonchev–Trinajstić information content (AvgIpc) is 2.34. The molecule has 17 heavy (non-hydrogen) atoms. The lowest BCUT2D eigenvalue weighted by Crippen LogP contribution is -2.04. The fourth-order valence-electron chi connectivity index (χ4n) is 1.14. The van der Waals surface area contributed by atoms with E-state index < -0.39 is 0 Å². The van der Waals surface area contributed by atoms with Crippen LogP contribution in [0.1, 0.15) is 22.8 Å². The summed E-state index contributed by atoms with van der Waals surface area (Å²) in [5, 5.41) is 0.0828. The van der Waals surface area contributed by atoms with E-state index in [9.17, 15) is 9.59 Å². The number of thioether (sulfide) groups is 1. The number of rotatable bonds is 5. The number of carbonyl (C=O) groups is 2. The van der Waals surface area contributed by atoms with Gasteiger partial charge in [-0.15, -0.1) is 0 Å². The van der Waals surface area contributed by atoms with Gasteiger partial charge in [-0.1, -0.05) is 36.5 Å². The van der Waals surface area contributed by atoms with Crippen molar-refractivity contribution in [3.63, 3.8) is 0 Å². The van der Waals surface area contributed by atoms with Gasteiger partial charge >= 0.3 is 5.97 Å². The Balaban J connectivity index is 2.57. The molecule has 3 nitrogen and oxygen atoms in total. The number of esters is 1. The molecule has 0 N–H and O–H groups in total. The quantitative estimate of drug-likeness (QED) is 0.595. The van der Waals surface area contributed by atoms with E-state index in [0.717, 1.165) is 5.56 Å². The summed E-state index contributed by atoms with van der Waals surface area (Å²) in [4.78, 5) is 22.2. The zero-order chi connectivity index (χ0) is 12.7. The van der Waals surface area contributed by atoms with Crippen molar-refractivity contribution in [2.45, 2.75) is 12.7 Å². The first-order valence-corrected chi connectivity index (χ1v) is 6.12. The molecule has 0 radical (unpaired) electrons. The molecule has 0 fully saturated rings. The van der Waals surface area contributed by atoms with Crippen molar-refractivity contribution in [3.8, 4) is 0 Å². The molecule has 0 aliphatic carbocycles. The van der Waals surface area contributed by atoms with Gasteiger partial charge < -0.3 is 4.74 Å². The monoisotopic (exact) mass is 250 g/mol. The third-order valence-electron chi connectivity index (χ3n) is 1.96. The van der Waals surface area contributed by atoms with Crippen LogP contribution in [0.2, 0.25) is 0 Å². The van der Waals surface area contributed by atoms with Crippen molar-refractivity contribution in [2.24, 2.45) is 0 Å². The molecular weight excluding hydrogens is 236 g/mol. The predicted octanol–water partition coefficient (Wildman–Crippen LogP) is 2.81. The Morgan fingerprint density at radius 3 is 2.53 bits per heavy atom. The molecule has 1 aromatic rings. The third-order valence-corrected chi connectivity index (χ3v) is 2.85. The zero-order valence-electron chi connectivity index (χ0n) is 9.64. The zero-order valence-corrected chi connectivity index (χ0v) is 10.5. The molecule has 90 valence electrons. The number of carbonyl (C=O) groups excluding carboxylic acids is 2. The van der Waals surface area contributed by atoms with Crippen LogP contribution in [0.25, 0.3) is 0 Å². The normalized spacial score (nSPS) is 9.71. The molecule has 0 bridgehead atoms. The summed E-state index contributed by atoms with van der Waals surface area (Å²) in [6, 6.07) is 7.03. The van der Waals surface area contributed by atoms with E-state index in [-0.39, 0.29) is 17.7 Å². The average molecular weight is 250 g/mol. The summed E-state index contributed by atoms with van der Waals surface area (Å²) >= 11 is 1.24. The molecule has 0 aliphatic rings. The lowest BCUT2D eigenvalue weighted by atomic mass is 10.1. The summed E-state index contributed by atoms with van der Waals surface area (Å²) in [6.07, 6.45) is 1.52. The molecule has 1 aromatic carbocycles. The molecule has 1 rings (SSSR count). The minimum atomic E-state index is -0.365. The Morgan fingerprint density at radius 2 is 2.00 bits per heavy atom. The van der Waals surface area contributed by atoms with Crippen LogP contribution in [-0.4, -0.2) is 17.7 Å². The predicted molar refractivity (Wildman–Crippen MR) is 68.9 cm³/mol. The Labute approximate surface area is 105 Å². The first kappa shape index (κ1) is 13.5. The van der Waals surface area contributed by atoms with Gasteiger partial charge in [-0.05, 0) is 17.7 Å². The van der Waals surface area contributed by atoms with Gasteiger partial charge in [0.05, 0.1) is 5.56 Å². The minimum absolute atomic E-state index is 0.0828. The van der Waals surface area contributed by atoms with Gasteiger partial charge in [0.2, 0.25) is 0 Å².